The van der Waals surface area contributed by atoms with Crippen molar-refractivity contribution in [2.45, 2.75) is 44.3 Å². The lowest BCUT2D eigenvalue weighted by atomic mass is 9.89. The Morgan fingerprint density at radius 3 is 2.67 bits per heavy atom. The van der Waals surface area contributed by atoms with Crippen LogP contribution in [0.25, 0.3) is 6.08 Å². The quantitative estimate of drug-likeness (QED) is 0.540. The summed E-state index contributed by atoms with van der Waals surface area (Å²) < 4.78 is 34.4. The number of hydrogen-bond acceptors (Lipinski definition) is 7. The summed E-state index contributed by atoms with van der Waals surface area (Å²) in [6.45, 7) is 4.16. The molecule has 2 aromatic rings. The number of amides is 1. The van der Waals surface area contributed by atoms with Crippen LogP contribution in [0.3, 0.4) is 0 Å². The highest BCUT2D eigenvalue weighted by molar-refractivity contribution is 6.52. The molecule has 0 bridgehead atoms. The number of aromatic nitrogens is 2. The van der Waals surface area contributed by atoms with Crippen LogP contribution in [0.15, 0.2) is 42.7 Å². The van der Waals surface area contributed by atoms with Gasteiger partial charge in [-0.05, 0) is 30.6 Å². The zero-order valence-electron chi connectivity index (χ0n) is 20.4. The number of ether oxygens (including phenoxy) is 1. The summed E-state index contributed by atoms with van der Waals surface area (Å²) in [5, 5.41) is 12.3. The number of halogens is 2. The topological polar surface area (TPSA) is 90.8 Å². The van der Waals surface area contributed by atoms with Gasteiger partial charge in [0.2, 0.25) is 5.88 Å². The Morgan fingerprint density at radius 1 is 1.25 bits per heavy atom. The summed E-state index contributed by atoms with van der Waals surface area (Å²) >= 11 is 0. The number of hydrogen-bond donors (Lipinski definition) is 2. The predicted octanol–water partition coefficient (Wildman–Crippen LogP) is 3.03. The van der Waals surface area contributed by atoms with Crippen molar-refractivity contribution >= 4 is 24.9 Å². The Hall–Kier alpha value is -3.05. The monoisotopic (exact) mass is 499 g/mol. The van der Waals surface area contributed by atoms with Crippen molar-refractivity contribution in [3.8, 4) is 5.88 Å². The van der Waals surface area contributed by atoms with E-state index in [1.165, 1.54) is 12.1 Å². The second-order valence-electron chi connectivity index (χ2n) is 9.39. The normalized spacial score (nSPS) is 18.8. The maximum atomic E-state index is 15.6. The van der Waals surface area contributed by atoms with Gasteiger partial charge in [-0.1, -0.05) is 12.2 Å². The van der Waals surface area contributed by atoms with E-state index >= 15 is 4.39 Å². The molecule has 1 amide bonds. The van der Waals surface area contributed by atoms with Crippen LogP contribution >= 0.6 is 0 Å². The van der Waals surface area contributed by atoms with Gasteiger partial charge < -0.3 is 19.9 Å². The van der Waals surface area contributed by atoms with Crippen molar-refractivity contribution in [2.75, 3.05) is 38.0 Å². The smallest absolute Gasteiger partial charge is 0.408 e. The number of nitrogens with one attached hydrogen (secondary N) is 1. The second kappa shape index (κ2) is 11.8. The number of rotatable bonds is 8. The number of alkyl halides is 1. The molecule has 8 nitrogen and oxygen atoms in total. The molecule has 192 valence electrons. The molecule has 0 atom stereocenters. The molecule has 2 aromatic heterocycles. The van der Waals surface area contributed by atoms with E-state index in [2.05, 4.69) is 20.1 Å². The van der Waals surface area contributed by atoms with Gasteiger partial charge in [0.15, 0.2) is 5.67 Å². The van der Waals surface area contributed by atoms with Crippen LogP contribution in [0, 0.1) is 5.82 Å². The summed E-state index contributed by atoms with van der Waals surface area (Å²) in [5.74, 6) is 0.0943. The Kier molecular flexibility index (Phi) is 8.53. The Labute approximate surface area is 210 Å². The van der Waals surface area contributed by atoms with E-state index in [-0.39, 0.29) is 18.9 Å². The van der Waals surface area contributed by atoms with Gasteiger partial charge in [-0.25, -0.2) is 18.7 Å². The Bertz CT molecular complexity index is 1040. The zero-order valence-corrected chi connectivity index (χ0v) is 20.4. The van der Waals surface area contributed by atoms with Gasteiger partial charge in [-0.3, -0.25) is 9.69 Å². The van der Waals surface area contributed by atoms with Gasteiger partial charge in [-0.2, -0.15) is 0 Å². The summed E-state index contributed by atoms with van der Waals surface area (Å²) in [6, 6.07) is 6.49. The first-order valence-corrected chi connectivity index (χ1v) is 12.4. The molecule has 4 heterocycles. The standard InChI is InChI=1S/C25H32BF2N5O3/c1-26(35)31-22-17-19(6-11-29-22)3-2-12-32-15-9-25(28,10-16-32)24(34)33-13-7-21(8-14-33)36-23-5-4-20(27)18-30-23/h2-6,11,17-18,21,35H,7-10,12-16H2,1H3,(H,29,31)/b3-2+. The highest BCUT2D eigenvalue weighted by Crippen LogP contribution is 2.30. The van der Waals surface area contributed by atoms with Crippen LogP contribution in [0.2, 0.25) is 6.82 Å². The largest absolute Gasteiger partial charge is 0.474 e. The summed E-state index contributed by atoms with van der Waals surface area (Å²) in [5.41, 5.74) is -0.887. The molecule has 0 spiro atoms. The fourth-order valence-corrected chi connectivity index (χ4v) is 4.55. The highest BCUT2D eigenvalue weighted by Gasteiger charge is 2.44. The minimum atomic E-state index is -1.83. The second-order valence-corrected chi connectivity index (χ2v) is 9.39. The molecule has 0 radical (unpaired) electrons. The molecule has 36 heavy (non-hydrogen) atoms. The molecule has 11 heteroatoms. The van der Waals surface area contributed by atoms with Gasteiger partial charge in [0, 0.05) is 70.7 Å². The zero-order chi connectivity index (χ0) is 25.5. The maximum absolute atomic E-state index is 15.6. The first-order chi connectivity index (χ1) is 17.3. The molecule has 2 saturated heterocycles. The molecule has 2 N–H and O–H groups in total. The van der Waals surface area contributed by atoms with E-state index in [1.807, 2.05) is 24.3 Å². The molecule has 0 saturated carbocycles. The van der Waals surface area contributed by atoms with Crippen molar-refractivity contribution in [3.63, 3.8) is 0 Å². The third-order valence-corrected chi connectivity index (χ3v) is 6.56. The molecule has 0 unspecified atom stereocenters. The number of likely N-dealkylation sites (tertiary alicyclic amines) is 2. The van der Waals surface area contributed by atoms with Crippen LogP contribution in [0.4, 0.5) is 14.6 Å². The molecular weight excluding hydrogens is 467 g/mol. The van der Waals surface area contributed by atoms with Gasteiger partial charge in [0.05, 0.1) is 6.20 Å². The average molecular weight is 499 g/mol. The van der Waals surface area contributed by atoms with E-state index in [9.17, 15) is 14.2 Å². The fourth-order valence-electron chi connectivity index (χ4n) is 4.55. The van der Waals surface area contributed by atoms with Crippen LogP contribution < -0.4 is 9.96 Å². The van der Waals surface area contributed by atoms with Gasteiger partial charge >= 0.3 is 7.05 Å². The molecule has 2 fully saturated rings. The Balaban J connectivity index is 1.21. The number of carbonyl (C=O) groups is 1. The lowest BCUT2D eigenvalue weighted by Crippen LogP contribution is -2.54. The molecule has 2 aliphatic rings. The SMILES string of the molecule is CB(O)Nc1cc(/C=C/CN2CCC(F)(C(=O)N3CCC(Oc4ccc(F)cn4)CC3)CC2)ccn1. The van der Waals surface area contributed by atoms with E-state index in [1.54, 1.807) is 17.9 Å². The Morgan fingerprint density at radius 2 is 2.00 bits per heavy atom. The molecule has 0 aliphatic carbocycles. The minimum absolute atomic E-state index is 0.129. The van der Waals surface area contributed by atoms with E-state index < -0.39 is 24.4 Å². The van der Waals surface area contributed by atoms with Gasteiger partial charge in [-0.15, -0.1) is 0 Å². The number of anilines is 1. The van der Waals surface area contributed by atoms with Crippen molar-refractivity contribution in [3.05, 3.63) is 54.1 Å². The molecule has 0 aromatic carbocycles. The third kappa shape index (κ3) is 7.01. The molecule has 2 aliphatic heterocycles. The minimum Gasteiger partial charge on any atom is -0.474 e. The van der Waals surface area contributed by atoms with E-state index in [0.717, 1.165) is 11.8 Å². The summed E-state index contributed by atoms with van der Waals surface area (Å²) in [4.78, 5) is 24.8. The number of nitrogens with zero attached hydrogens (tertiary/aromatic N) is 4. The van der Waals surface area contributed by atoms with Crippen LogP contribution in [-0.4, -0.2) is 82.2 Å². The van der Waals surface area contributed by atoms with E-state index in [4.69, 9.17) is 4.74 Å². The van der Waals surface area contributed by atoms with Crippen molar-refractivity contribution in [2.24, 2.45) is 0 Å². The van der Waals surface area contributed by atoms with Crippen LogP contribution in [0.1, 0.15) is 31.2 Å². The molecule has 4 rings (SSSR count). The lowest BCUT2D eigenvalue weighted by Gasteiger charge is -2.40. The van der Waals surface area contributed by atoms with Gasteiger partial charge in [0.1, 0.15) is 17.7 Å². The molecular formula is C25H32BF2N5O3. The highest BCUT2D eigenvalue weighted by atomic mass is 19.1. The third-order valence-electron chi connectivity index (χ3n) is 6.56. The number of piperidine rings is 2. The predicted molar refractivity (Wildman–Crippen MR) is 135 cm³/mol. The fraction of sp³-hybridized carbons (Fsp3) is 0.480. The van der Waals surface area contributed by atoms with Crippen molar-refractivity contribution in [1.29, 1.82) is 0 Å². The van der Waals surface area contributed by atoms with Crippen molar-refractivity contribution in [1.82, 2.24) is 19.8 Å². The summed E-state index contributed by atoms with van der Waals surface area (Å²) in [6.07, 6.45) is 8.14. The first-order valence-electron chi connectivity index (χ1n) is 12.4. The first kappa shape index (κ1) is 26.0. The van der Waals surface area contributed by atoms with Crippen molar-refractivity contribution < 1.29 is 23.3 Å². The van der Waals surface area contributed by atoms with Crippen LogP contribution in [0.5, 0.6) is 5.88 Å². The number of pyridine rings is 2. The lowest BCUT2D eigenvalue weighted by molar-refractivity contribution is -0.149. The maximum Gasteiger partial charge on any atom is 0.408 e. The average Bonchev–Trinajstić information content (AvgIpc) is 2.87. The summed E-state index contributed by atoms with van der Waals surface area (Å²) in [7, 11) is -0.688. The number of carbonyl (C=O) groups excluding carboxylic acids is 1. The van der Waals surface area contributed by atoms with Gasteiger partial charge in [0.25, 0.3) is 5.91 Å². The van der Waals surface area contributed by atoms with Crippen LogP contribution in [-0.2, 0) is 4.79 Å². The van der Waals surface area contributed by atoms with E-state index in [0.29, 0.717) is 57.3 Å².